The smallest absolute Gasteiger partial charge is 0.354 e. The van der Waals surface area contributed by atoms with Crippen LogP contribution in [0, 0.1) is 0 Å². The summed E-state index contributed by atoms with van der Waals surface area (Å²) in [6.45, 7) is 2.10. The van der Waals surface area contributed by atoms with Gasteiger partial charge in [-0.2, -0.15) is 0 Å². The van der Waals surface area contributed by atoms with Gasteiger partial charge in [0.1, 0.15) is 18.1 Å². The minimum atomic E-state index is -0.367. The summed E-state index contributed by atoms with van der Waals surface area (Å²) in [5.74, 6) is 0.374. The molecule has 2 aromatic rings. The molecular formula is C16H21NO5. The summed E-state index contributed by atoms with van der Waals surface area (Å²) in [7, 11) is 4.64. The minimum Gasteiger partial charge on any atom is -0.491 e. The van der Waals surface area contributed by atoms with E-state index in [1.54, 1.807) is 20.3 Å². The van der Waals surface area contributed by atoms with Gasteiger partial charge in [0.05, 0.1) is 20.3 Å². The van der Waals surface area contributed by atoms with Gasteiger partial charge in [0, 0.05) is 31.7 Å². The maximum Gasteiger partial charge on any atom is 0.354 e. The van der Waals surface area contributed by atoms with Gasteiger partial charge in [-0.05, 0) is 24.3 Å². The average molecular weight is 307 g/mol. The molecule has 0 spiro atoms. The molecule has 1 aromatic heterocycles. The molecule has 1 aromatic carbocycles. The lowest BCUT2D eigenvalue weighted by Crippen LogP contribution is -2.13. The van der Waals surface area contributed by atoms with Gasteiger partial charge in [-0.15, -0.1) is 0 Å². The number of benzene rings is 1. The lowest BCUT2D eigenvalue weighted by Gasteiger charge is -2.09. The topological polar surface area (TPSA) is 58.9 Å². The Balaban J connectivity index is 2.34. The number of methoxy groups -OCH3 is 3. The van der Waals surface area contributed by atoms with Crippen molar-refractivity contribution in [3.63, 3.8) is 0 Å². The first-order valence-electron chi connectivity index (χ1n) is 7.03. The third-order valence-electron chi connectivity index (χ3n) is 3.34. The predicted octanol–water partition coefficient (Wildman–Crippen LogP) is 2.10. The first-order chi connectivity index (χ1) is 10.7. The van der Waals surface area contributed by atoms with E-state index in [-0.39, 0.29) is 5.97 Å². The summed E-state index contributed by atoms with van der Waals surface area (Å²) >= 11 is 0. The van der Waals surface area contributed by atoms with Crippen molar-refractivity contribution >= 4 is 16.9 Å². The zero-order valence-electron chi connectivity index (χ0n) is 13.1. The maximum atomic E-state index is 11.9. The molecule has 0 atom stereocenters. The Labute approximate surface area is 129 Å². The van der Waals surface area contributed by atoms with E-state index in [0.717, 1.165) is 16.7 Å². The fourth-order valence-electron chi connectivity index (χ4n) is 2.28. The molecule has 2 rings (SSSR count). The largest absolute Gasteiger partial charge is 0.491 e. The molecule has 0 bridgehead atoms. The highest BCUT2D eigenvalue weighted by Crippen LogP contribution is 2.25. The lowest BCUT2D eigenvalue weighted by molar-refractivity contribution is 0.0587. The fourth-order valence-corrected chi connectivity index (χ4v) is 2.28. The van der Waals surface area contributed by atoms with Crippen molar-refractivity contribution in [2.45, 2.75) is 6.54 Å². The van der Waals surface area contributed by atoms with Crippen LogP contribution in [-0.4, -0.2) is 51.7 Å². The number of ether oxygens (including phenoxy) is 4. The Bertz CT molecular complexity index is 635. The molecule has 0 radical (unpaired) electrons. The van der Waals surface area contributed by atoms with E-state index in [1.807, 2.05) is 22.8 Å². The van der Waals surface area contributed by atoms with Gasteiger partial charge >= 0.3 is 5.97 Å². The molecule has 0 fully saturated rings. The molecule has 6 heteroatoms. The summed E-state index contributed by atoms with van der Waals surface area (Å²) in [6.07, 6.45) is 0. The van der Waals surface area contributed by atoms with Gasteiger partial charge in [-0.3, -0.25) is 0 Å². The summed E-state index contributed by atoms with van der Waals surface area (Å²) < 4.78 is 22.4. The van der Waals surface area contributed by atoms with Crippen LogP contribution in [0.5, 0.6) is 5.75 Å². The van der Waals surface area contributed by atoms with Crippen molar-refractivity contribution in [2.75, 3.05) is 41.2 Å². The maximum absolute atomic E-state index is 11.9. The van der Waals surface area contributed by atoms with Crippen molar-refractivity contribution < 1.29 is 23.7 Å². The number of fused-ring (bicyclic) bond motifs is 1. The Hall–Kier alpha value is -2.05. The standard InChI is InChI=1S/C16H21NO5/c1-19-7-6-17-14-5-4-13(22-9-8-20-2)10-12(14)11-15(17)16(18)21-3/h4-5,10-11H,6-9H2,1-3H3. The monoisotopic (exact) mass is 307 g/mol. The third-order valence-corrected chi connectivity index (χ3v) is 3.34. The highest BCUT2D eigenvalue weighted by Gasteiger charge is 2.16. The zero-order chi connectivity index (χ0) is 15.9. The molecule has 0 unspecified atom stereocenters. The van der Waals surface area contributed by atoms with Crippen molar-refractivity contribution in [2.24, 2.45) is 0 Å². The van der Waals surface area contributed by atoms with Crippen molar-refractivity contribution in [1.29, 1.82) is 0 Å². The molecule has 0 saturated heterocycles. The highest BCUT2D eigenvalue weighted by atomic mass is 16.5. The quantitative estimate of drug-likeness (QED) is 0.552. The number of nitrogens with zero attached hydrogens (tertiary/aromatic N) is 1. The summed E-state index contributed by atoms with van der Waals surface area (Å²) in [5.41, 5.74) is 1.44. The molecule has 0 amide bonds. The van der Waals surface area contributed by atoms with Gasteiger partial charge in [0.2, 0.25) is 0 Å². The second-order valence-corrected chi connectivity index (χ2v) is 4.73. The van der Waals surface area contributed by atoms with E-state index < -0.39 is 0 Å². The van der Waals surface area contributed by atoms with Crippen LogP contribution in [0.3, 0.4) is 0 Å². The second kappa shape index (κ2) is 7.82. The number of rotatable bonds is 8. The average Bonchev–Trinajstić information content (AvgIpc) is 2.90. The first kappa shape index (κ1) is 16.3. The van der Waals surface area contributed by atoms with Crippen LogP contribution in [-0.2, 0) is 20.8 Å². The molecule has 0 aliphatic heterocycles. The number of esters is 1. The number of carbonyl (C=O) groups is 1. The van der Waals surface area contributed by atoms with Crippen LogP contribution in [0.15, 0.2) is 24.3 Å². The Morgan fingerprint density at radius 3 is 2.50 bits per heavy atom. The van der Waals surface area contributed by atoms with Crippen molar-refractivity contribution in [3.8, 4) is 5.75 Å². The molecular weight excluding hydrogens is 286 g/mol. The van der Waals surface area contributed by atoms with Crippen LogP contribution in [0.1, 0.15) is 10.5 Å². The summed E-state index contributed by atoms with van der Waals surface area (Å²) in [4.78, 5) is 11.9. The third kappa shape index (κ3) is 3.58. The van der Waals surface area contributed by atoms with Crippen LogP contribution < -0.4 is 4.74 Å². The molecule has 0 N–H and O–H groups in total. The Morgan fingerprint density at radius 2 is 1.82 bits per heavy atom. The van der Waals surface area contributed by atoms with E-state index in [0.29, 0.717) is 32.1 Å². The molecule has 1 heterocycles. The molecule has 22 heavy (non-hydrogen) atoms. The molecule has 120 valence electrons. The molecule has 6 nitrogen and oxygen atoms in total. The SMILES string of the molecule is COCCOc1ccc2c(c1)cc(C(=O)OC)n2CCOC. The number of carbonyl (C=O) groups excluding carboxylic acids is 1. The van der Waals surface area contributed by atoms with Gasteiger partial charge in [0.25, 0.3) is 0 Å². The summed E-state index contributed by atoms with van der Waals surface area (Å²) in [5, 5.41) is 0.923. The Kier molecular flexibility index (Phi) is 5.80. The highest BCUT2D eigenvalue weighted by molar-refractivity contribution is 5.96. The van der Waals surface area contributed by atoms with E-state index >= 15 is 0 Å². The van der Waals surface area contributed by atoms with Gasteiger partial charge in [-0.25, -0.2) is 4.79 Å². The molecule has 0 aliphatic carbocycles. The van der Waals surface area contributed by atoms with Gasteiger partial charge in [0.15, 0.2) is 0 Å². The zero-order valence-corrected chi connectivity index (χ0v) is 13.1. The second-order valence-electron chi connectivity index (χ2n) is 4.73. The first-order valence-corrected chi connectivity index (χ1v) is 7.03. The van der Waals surface area contributed by atoms with Crippen LogP contribution in [0.2, 0.25) is 0 Å². The Morgan fingerprint density at radius 1 is 1.05 bits per heavy atom. The minimum absolute atomic E-state index is 0.367. The van der Waals surface area contributed by atoms with E-state index in [9.17, 15) is 4.79 Å². The van der Waals surface area contributed by atoms with Crippen molar-refractivity contribution in [3.05, 3.63) is 30.0 Å². The predicted molar refractivity (Wildman–Crippen MR) is 82.5 cm³/mol. The van der Waals surface area contributed by atoms with Crippen molar-refractivity contribution in [1.82, 2.24) is 4.57 Å². The lowest BCUT2D eigenvalue weighted by atomic mass is 10.2. The van der Waals surface area contributed by atoms with Crippen LogP contribution in [0.4, 0.5) is 0 Å². The molecule has 0 saturated carbocycles. The van der Waals surface area contributed by atoms with E-state index in [2.05, 4.69) is 0 Å². The fraction of sp³-hybridized carbons (Fsp3) is 0.438. The number of hydrogen-bond acceptors (Lipinski definition) is 5. The van der Waals surface area contributed by atoms with Gasteiger partial charge < -0.3 is 23.5 Å². The van der Waals surface area contributed by atoms with Crippen LogP contribution in [0.25, 0.3) is 10.9 Å². The van der Waals surface area contributed by atoms with Crippen LogP contribution >= 0.6 is 0 Å². The van der Waals surface area contributed by atoms with E-state index in [4.69, 9.17) is 18.9 Å². The molecule has 0 aliphatic rings. The van der Waals surface area contributed by atoms with E-state index in [1.165, 1.54) is 7.11 Å². The normalized spacial score (nSPS) is 10.9. The number of hydrogen-bond donors (Lipinski definition) is 0. The summed E-state index contributed by atoms with van der Waals surface area (Å²) in [6, 6.07) is 7.52. The number of aromatic nitrogens is 1. The van der Waals surface area contributed by atoms with Gasteiger partial charge in [-0.1, -0.05) is 0 Å².